The van der Waals surface area contributed by atoms with Gasteiger partial charge in [-0.2, -0.15) is 5.10 Å². The number of hydrogen-bond donors (Lipinski definition) is 0. The van der Waals surface area contributed by atoms with Crippen LogP contribution in [0.2, 0.25) is 0 Å². The summed E-state index contributed by atoms with van der Waals surface area (Å²) in [5.41, 5.74) is 2.31. The summed E-state index contributed by atoms with van der Waals surface area (Å²) in [5.74, 6) is 1.54. The topological polar surface area (TPSA) is 41.4 Å². The number of carbonyl (C=O) groups excluding carboxylic acids is 1. The fourth-order valence-corrected chi connectivity index (χ4v) is 4.48. The maximum atomic E-state index is 12.0. The van der Waals surface area contributed by atoms with E-state index in [2.05, 4.69) is 35.2 Å². The minimum Gasteiger partial charge on any atom is -0.345 e. The molecule has 2 aliphatic rings. The number of benzene rings is 1. The van der Waals surface area contributed by atoms with Gasteiger partial charge in [0.05, 0.1) is 11.4 Å². The second kappa shape index (κ2) is 6.64. The summed E-state index contributed by atoms with van der Waals surface area (Å²) in [6, 6.07) is 12.9. The first-order chi connectivity index (χ1) is 12.1. The molecule has 0 spiro atoms. The third kappa shape index (κ3) is 3.21. The van der Waals surface area contributed by atoms with Crippen LogP contribution in [0, 0.1) is 11.8 Å². The molecule has 3 atom stereocenters. The van der Waals surface area contributed by atoms with E-state index < -0.39 is 0 Å². The number of likely N-dealkylation sites (tertiary alicyclic amines) is 1. The summed E-state index contributed by atoms with van der Waals surface area (Å²) < 4.78 is 2.02. The van der Waals surface area contributed by atoms with E-state index in [1.54, 1.807) is 0 Å². The first kappa shape index (κ1) is 16.3. The van der Waals surface area contributed by atoms with Gasteiger partial charge in [-0.05, 0) is 49.9 Å². The minimum atomic E-state index is 0.312. The Morgan fingerprint density at radius 2 is 1.92 bits per heavy atom. The molecule has 1 aliphatic carbocycles. The Morgan fingerprint density at radius 3 is 2.72 bits per heavy atom. The predicted molar refractivity (Wildman–Crippen MR) is 97.3 cm³/mol. The molecule has 0 unspecified atom stereocenters. The first-order valence-electron chi connectivity index (χ1n) is 9.14. The van der Waals surface area contributed by atoms with Crippen LogP contribution in [0.1, 0.15) is 25.0 Å². The lowest BCUT2D eigenvalue weighted by Crippen LogP contribution is -2.39. The lowest BCUT2D eigenvalue weighted by molar-refractivity contribution is -0.134. The van der Waals surface area contributed by atoms with Crippen LogP contribution in [0.15, 0.2) is 42.6 Å². The number of nitrogens with zero attached hydrogens (tertiary/aromatic N) is 4. The number of rotatable bonds is 4. The molecule has 5 nitrogen and oxygen atoms in total. The molecular formula is C20H26N4O. The van der Waals surface area contributed by atoms with Crippen molar-refractivity contribution in [3.63, 3.8) is 0 Å². The Labute approximate surface area is 149 Å². The number of piperidine rings is 1. The molecular weight excluding hydrogens is 312 g/mol. The number of carbonyl (C=O) groups is 1. The van der Waals surface area contributed by atoms with Gasteiger partial charge in [-0.25, -0.2) is 4.68 Å². The number of amides is 1. The smallest absolute Gasteiger partial charge is 0.222 e. The zero-order chi connectivity index (χ0) is 17.4. The monoisotopic (exact) mass is 338 g/mol. The van der Waals surface area contributed by atoms with Crippen molar-refractivity contribution in [3.05, 3.63) is 48.3 Å². The van der Waals surface area contributed by atoms with Crippen LogP contribution in [0.4, 0.5) is 0 Å². The number of hydrogen-bond acceptors (Lipinski definition) is 3. The molecule has 1 aromatic heterocycles. The van der Waals surface area contributed by atoms with Gasteiger partial charge in [0.2, 0.25) is 5.91 Å². The van der Waals surface area contributed by atoms with E-state index in [1.807, 2.05) is 41.0 Å². The molecule has 1 aliphatic heterocycles. The Hall–Kier alpha value is -2.14. The lowest BCUT2D eigenvalue weighted by Gasteiger charge is -2.31. The van der Waals surface area contributed by atoms with Gasteiger partial charge in [-0.15, -0.1) is 0 Å². The SMILES string of the molecule is CN1C[C@H]2C[C@@H](N(C)Cc3ccnn3-c3ccccc3)C[C@H]2CC1=O. The second-order valence-electron chi connectivity index (χ2n) is 7.61. The highest BCUT2D eigenvalue weighted by atomic mass is 16.2. The van der Waals surface area contributed by atoms with Gasteiger partial charge in [-0.3, -0.25) is 9.69 Å². The second-order valence-corrected chi connectivity index (χ2v) is 7.61. The van der Waals surface area contributed by atoms with Crippen molar-refractivity contribution in [2.45, 2.75) is 31.8 Å². The average molecular weight is 338 g/mol. The van der Waals surface area contributed by atoms with Crippen molar-refractivity contribution in [2.24, 2.45) is 11.8 Å². The Kier molecular flexibility index (Phi) is 4.34. The molecule has 132 valence electrons. The highest BCUT2D eigenvalue weighted by Gasteiger charge is 2.41. The summed E-state index contributed by atoms with van der Waals surface area (Å²) in [6.45, 7) is 1.80. The van der Waals surface area contributed by atoms with Crippen LogP contribution in [0.5, 0.6) is 0 Å². The van der Waals surface area contributed by atoms with Crippen LogP contribution in [-0.2, 0) is 11.3 Å². The van der Waals surface area contributed by atoms with Crippen LogP contribution < -0.4 is 0 Å². The molecule has 2 aromatic rings. The Balaban J connectivity index is 1.45. The fraction of sp³-hybridized carbons (Fsp3) is 0.500. The van der Waals surface area contributed by atoms with Crippen molar-refractivity contribution in [1.82, 2.24) is 19.6 Å². The van der Waals surface area contributed by atoms with E-state index in [4.69, 9.17) is 0 Å². The Bertz CT molecular complexity index is 741. The van der Waals surface area contributed by atoms with Crippen LogP contribution in [-0.4, -0.2) is 52.2 Å². The molecule has 1 saturated heterocycles. The van der Waals surface area contributed by atoms with E-state index in [9.17, 15) is 4.79 Å². The summed E-state index contributed by atoms with van der Waals surface area (Å²) in [5, 5.41) is 4.50. The third-order valence-corrected chi connectivity index (χ3v) is 5.94. The Morgan fingerprint density at radius 1 is 1.16 bits per heavy atom. The zero-order valence-electron chi connectivity index (χ0n) is 15.0. The minimum absolute atomic E-state index is 0.312. The average Bonchev–Trinajstić information content (AvgIpc) is 3.23. The van der Waals surface area contributed by atoms with Gasteiger partial charge in [0.15, 0.2) is 0 Å². The maximum Gasteiger partial charge on any atom is 0.222 e. The first-order valence-corrected chi connectivity index (χ1v) is 9.14. The lowest BCUT2D eigenvalue weighted by atomic mass is 9.88. The van der Waals surface area contributed by atoms with E-state index >= 15 is 0 Å². The van der Waals surface area contributed by atoms with Gasteiger partial charge < -0.3 is 4.90 Å². The van der Waals surface area contributed by atoms with E-state index in [0.29, 0.717) is 23.8 Å². The molecule has 0 radical (unpaired) electrons. The van der Waals surface area contributed by atoms with E-state index in [-0.39, 0.29) is 0 Å². The summed E-state index contributed by atoms with van der Waals surface area (Å²) in [4.78, 5) is 16.3. The quantitative estimate of drug-likeness (QED) is 0.860. The summed E-state index contributed by atoms with van der Waals surface area (Å²) in [6.07, 6.45) is 4.93. The highest BCUT2D eigenvalue weighted by molar-refractivity contribution is 5.77. The van der Waals surface area contributed by atoms with Crippen molar-refractivity contribution in [3.8, 4) is 5.69 Å². The van der Waals surface area contributed by atoms with Gasteiger partial charge in [0, 0.05) is 38.8 Å². The standard InChI is InChI=1S/C20H26N4O/c1-22(19-10-15-12-20(25)23(2)13-16(15)11-19)14-18-8-9-21-24(18)17-6-4-3-5-7-17/h3-9,15-16,19H,10-14H2,1-2H3/t15-,16+,19-/m0/s1. The van der Waals surface area contributed by atoms with Crippen molar-refractivity contribution in [2.75, 3.05) is 20.6 Å². The largest absolute Gasteiger partial charge is 0.345 e. The molecule has 2 heterocycles. The predicted octanol–water partition coefficient (Wildman–Crippen LogP) is 2.56. The normalized spacial score (nSPS) is 26.3. The summed E-state index contributed by atoms with van der Waals surface area (Å²) in [7, 11) is 4.14. The van der Waals surface area contributed by atoms with Gasteiger partial charge in [0.25, 0.3) is 0 Å². The van der Waals surface area contributed by atoms with Crippen molar-refractivity contribution in [1.29, 1.82) is 0 Å². The number of aromatic nitrogens is 2. The molecule has 25 heavy (non-hydrogen) atoms. The van der Waals surface area contributed by atoms with Crippen molar-refractivity contribution >= 4 is 5.91 Å². The molecule has 1 aromatic carbocycles. The van der Waals surface area contributed by atoms with Crippen LogP contribution in [0.25, 0.3) is 5.69 Å². The van der Waals surface area contributed by atoms with Gasteiger partial charge >= 0.3 is 0 Å². The molecule has 1 amide bonds. The number of para-hydroxylation sites is 1. The molecule has 5 heteroatoms. The molecule has 2 fully saturated rings. The fourth-order valence-electron chi connectivity index (χ4n) is 4.48. The summed E-state index contributed by atoms with van der Waals surface area (Å²) >= 11 is 0. The molecule has 0 N–H and O–H groups in total. The maximum absolute atomic E-state index is 12.0. The molecule has 0 bridgehead atoms. The van der Waals surface area contributed by atoms with Gasteiger partial charge in [0.1, 0.15) is 0 Å². The van der Waals surface area contributed by atoms with Crippen LogP contribution in [0.3, 0.4) is 0 Å². The van der Waals surface area contributed by atoms with Crippen LogP contribution >= 0.6 is 0 Å². The number of fused-ring (bicyclic) bond motifs is 1. The third-order valence-electron chi connectivity index (χ3n) is 5.94. The van der Waals surface area contributed by atoms with E-state index in [1.165, 1.54) is 12.1 Å². The van der Waals surface area contributed by atoms with E-state index in [0.717, 1.165) is 31.6 Å². The molecule has 4 rings (SSSR count). The zero-order valence-corrected chi connectivity index (χ0v) is 15.0. The van der Waals surface area contributed by atoms with Crippen molar-refractivity contribution < 1.29 is 4.79 Å². The molecule has 1 saturated carbocycles. The van der Waals surface area contributed by atoms with Gasteiger partial charge in [-0.1, -0.05) is 18.2 Å². The highest BCUT2D eigenvalue weighted by Crippen LogP contribution is 2.40.